The van der Waals surface area contributed by atoms with Crippen molar-refractivity contribution in [3.05, 3.63) is 11.7 Å². The van der Waals surface area contributed by atoms with Crippen LogP contribution in [0.3, 0.4) is 0 Å². The number of nitrogens with zero attached hydrogens (tertiary/aromatic N) is 3. The van der Waals surface area contributed by atoms with Crippen LogP contribution in [-0.4, -0.2) is 39.3 Å². The van der Waals surface area contributed by atoms with E-state index in [4.69, 9.17) is 4.52 Å². The highest BCUT2D eigenvalue weighted by Gasteiger charge is 2.30. The predicted octanol–water partition coefficient (Wildman–Crippen LogP) is 1.15. The van der Waals surface area contributed by atoms with Crippen molar-refractivity contribution in [2.45, 2.75) is 44.8 Å². The summed E-state index contributed by atoms with van der Waals surface area (Å²) in [6.45, 7) is 4.52. The largest absolute Gasteiger partial charge is 0.392 e. The Kier molecular flexibility index (Phi) is 2.88. The first kappa shape index (κ1) is 11.2. The number of piperidine rings is 1. The Morgan fingerprint density at radius 1 is 1.41 bits per heavy atom. The maximum Gasteiger partial charge on any atom is 0.229 e. The van der Waals surface area contributed by atoms with Crippen LogP contribution in [0.4, 0.5) is 0 Å². The van der Waals surface area contributed by atoms with Crippen LogP contribution in [0, 0.1) is 5.92 Å². The van der Waals surface area contributed by atoms with Gasteiger partial charge in [-0.2, -0.15) is 4.98 Å². The van der Waals surface area contributed by atoms with Crippen LogP contribution in [0.2, 0.25) is 0 Å². The second-order valence-corrected chi connectivity index (χ2v) is 5.39. The molecule has 1 aliphatic heterocycles. The molecule has 2 heterocycles. The molecule has 0 bridgehead atoms. The monoisotopic (exact) mass is 237 g/mol. The quantitative estimate of drug-likeness (QED) is 0.854. The molecule has 2 fully saturated rings. The average molecular weight is 237 g/mol. The first-order valence-electron chi connectivity index (χ1n) is 6.45. The molecule has 1 aliphatic carbocycles. The van der Waals surface area contributed by atoms with Crippen LogP contribution in [0.25, 0.3) is 0 Å². The van der Waals surface area contributed by atoms with Crippen LogP contribution >= 0.6 is 0 Å². The van der Waals surface area contributed by atoms with E-state index >= 15 is 0 Å². The Morgan fingerprint density at radius 3 is 2.94 bits per heavy atom. The standard InChI is InChI=1S/C12H19N3O2/c1-8-4-5-15(6-10(8)16)7-11-13-12(17-14-11)9-2-3-9/h8-10,16H,2-7H2,1H3. The molecule has 5 nitrogen and oxygen atoms in total. The van der Waals surface area contributed by atoms with Crippen LogP contribution in [0.5, 0.6) is 0 Å². The van der Waals surface area contributed by atoms with E-state index in [-0.39, 0.29) is 6.10 Å². The zero-order valence-corrected chi connectivity index (χ0v) is 10.2. The number of likely N-dealkylation sites (tertiary alicyclic amines) is 1. The Hall–Kier alpha value is -0.940. The minimum Gasteiger partial charge on any atom is -0.392 e. The third kappa shape index (κ3) is 2.50. The van der Waals surface area contributed by atoms with Gasteiger partial charge in [0.1, 0.15) is 0 Å². The first-order valence-corrected chi connectivity index (χ1v) is 6.45. The van der Waals surface area contributed by atoms with E-state index < -0.39 is 0 Å². The highest BCUT2D eigenvalue weighted by molar-refractivity contribution is 5.01. The van der Waals surface area contributed by atoms with Gasteiger partial charge in [-0.05, 0) is 31.7 Å². The van der Waals surface area contributed by atoms with Gasteiger partial charge in [-0.3, -0.25) is 4.90 Å². The third-order valence-electron chi connectivity index (χ3n) is 3.78. The number of hydrogen-bond donors (Lipinski definition) is 1. The predicted molar refractivity (Wildman–Crippen MR) is 61.3 cm³/mol. The SMILES string of the molecule is CC1CCN(Cc2noc(C3CC3)n2)CC1O. The van der Waals surface area contributed by atoms with Gasteiger partial charge in [0.2, 0.25) is 5.89 Å². The molecule has 2 unspecified atom stereocenters. The van der Waals surface area contributed by atoms with Gasteiger partial charge < -0.3 is 9.63 Å². The van der Waals surface area contributed by atoms with E-state index in [1.165, 1.54) is 12.8 Å². The minimum absolute atomic E-state index is 0.224. The summed E-state index contributed by atoms with van der Waals surface area (Å²) in [5.41, 5.74) is 0. The molecule has 1 saturated heterocycles. The molecule has 0 amide bonds. The lowest BCUT2D eigenvalue weighted by atomic mass is 9.96. The zero-order chi connectivity index (χ0) is 11.8. The lowest BCUT2D eigenvalue weighted by Crippen LogP contribution is -2.42. The van der Waals surface area contributed by atoms with E-state index in [1.807, 2.05) is 0 Å². The van der Waals surface area contributed by atoms with Crippen molar-refractivity contribution < 1.29 is 9.63 Å². The van der Waals surface area contributed by atoms with Gasteiger partial charge in [0.05, 0.1) is 12.6 Å². The van der Waals surface area contributed by atoms with Crippen molar-refractivity contribution in [2.75, 3.05) is 13.1 Å². The topological polar surface area (TPSA) is 62.4 Å². The van der Waals surface area contributed by atoms with Crippen LogP contribution in [-0.2, 0) is 6.54 Å². The van der Waals surface area contributed by atoms with Gasteiger partial charge in [0, 0.05) is 12.5 Å². The number of β-amino-alcohol motifs (C(OH)–C–C–N with tert-alkyl or cyclic N) is 1. The molecule has 1 aromatic rings. The van der Waals surface area contributed by atoms with Gasteiger partial charge in [-0.15, -0.1) is 0 Å². The first-order chi connectivity index (χ1) is 8.22. The summed E-state index contributed by atoms with van der Waals surface area (Å²) in [5, 5.41) is 13.8. The number of aliphatic hydroxyl groups is 1. The van der Waals surface area contributed by atoms with Crippen molar-refractivity contribution in [2.24, 2.45) is 5.92 Å². The van der Waals surface area contributed by atoms with Crippen molar-refractivity contribution in [1.29, 1.82) is 0 Å². The Balaban J connectivity index is 1.58. The Labute approximate surface area is 101 Å². The van der Waals surface area contributed by atoms with Crippen LogP contribution in [0.15, 0.2) is 4.52 Å². The van der Waals surface area contributed by atoms with Gasteiger partial charge >= 0.3 is 0 Å². The molecule has 3 rings (SSSR count). The Morgan fingerprint density at radius 2 is 2.24 bits per heavy atom. The normalized spacial score (nSPS) is 30.7. The molecular weight excluding hydrogens is 218 g/mol. The molecule has 0 radical (unpaired) electrons. The maximum atomic E-state index is 9.82. The third-order valence-corrected chi connectivity index (χ3v) is 3.78. The van der Waals surface area contributed by atoms with E-state index in [2.05, 4.69) is 22.0 Å². The molecule has 2 aliphatic rings. The molecule has 17 heavy (non-hydrogen) atoms. The fraction of sp³-hybridized carbons (Fsp3) is 0.833. The summed E-state index contributed by atoms with van der Waals surface area (Å²) in [4.78, 5) is 6.61. The molecule has 5 heteroatoms. The Bertz CT molecular complexity index is 389. The number of aromatic nitrogens is 2. The molecular formula is C12H19N3O2. The summed E-state index contributed by atoms with van der Waals surface area (Å²) in [6.07, 6.45) is 3.18. The average Bonchev–Trinajstić information content (AvgIpc) is 3.06. The van der Waals surface area contributed by atoms with E-state index in [0.29, 0.717) is 24.9 Å². The molecule has 1 saturated carbocycles. The van der Waals surface area contributed by atoms with E-state index in [1.54, 1.807) is 0 Å². The molecule has 0 spiro atoms. The van der Waals surface area contributed by atoms with E-state index in [9.17, 15) is 5.11 Å². The highest BCUT2D eigenvalue weighted by atomic mass is 16.5. The fourth-order valence-corrected chi connectivity index (χ4v) is 2.29. The summed E-state index contributed by atoms with van der Waals surface area (Å²) in [6, 6.07) is 0. The molecule has 0 aromatic carbocycles. The molecule has 1 aromatic heterocycles. The molecule has 1 N–H and O–H groups in total. The van der Waals surface area contributed by atoms with Crippen LogP contribution < -0.4 is 0 Å². The highest BCUT2D eigenvalue weighted by Crippen LogP contribution is 2.38. The van der Waals surface area contributed by atoms with Crippen LogP contribution in [0.1, 0.15) is 43.8 Å². The zero-order valence-electron chi connectivity index (χ0n) is 10.2. The van der Waals surface area contributed by atoms with Gasteiger partial charge in [-0.25, -0.2) is 0 Å². The lowest BCUT2D eigenvalue weighted by Gasteiger charge is -2.33. The van der Waals surface area contributed by atoms with Crippen molar-refractivity contribution in [3.8, 4) is 0 Å². The van der Waals surface area contributed by atoms with Crippen molar-refractivity contribution in [3.63, 3.8) is 0 Å². The summed E-state index contributed by atoms with van der Waals surface area (Å²) < 4.78 is 5.23. The maximum absolute atomic E-state index is 9.82. The number of aliphatic hydroxyl groups excluding tert-OH is 1. The fourth-order valence-electron chi connectivity index (χ4n) is 2.29. The van der Waals surface area contributed by atoms with Crippen molar-refractivity contribution >= 4 is 0 Å². The molecule has 94 valence electrons. The minimum atomic E-state index is -0.224. The van der Waals surface area contributed by atoms with E-state index in [0.717, 1.165) is 24.7 Å². The summed E-state index contributed by atoms with van der Waals surface area (Å²) in [5.74, 6) is 2.47. The second-order valence-electron chi connectivity index (χ2n) is 5.39. The number of rotatable bonds is 3. The second kappa shape index (κ2) is 4.38. The summed E-state index contributed by atoms with van der Waals surface area (Å²) >= 11 is 0. The van der Waals surface area contributed by atoms with Gasteiger partial charge in [0.15, 0.2) is 5.82 Å². The lowest BCUT2D eigenvalue weighted by molar-refractivity contribution is 0.0246. The van der Waals surface area contributed by atoms with Gasteiger partial charge in [-0.1, -0.05) is 12.1 Å². The number of hydrogen-bond acceptors (Lipinski definition) is 5. The van der Waals surface area contributed by atoms with Gasteiger partial charge in [0.25, 0.3) is 0 Å². The smallest absolute Gasteiger partial charge is 0.229 e. The summed E-state index contributed by atoms with van der Waals surface area (Å²) in [7, 11) is 0. The molecule has 2 atom stereocenters. The van der Waals surface area contributed by atoms with Crippen molar-refractivity contribution in [1.82, 2.24) is 15.0 Å².